The molecule has 0 spiro atoms. The molecule has 3 heteroatoms. The Bertz CT molecular complexity index is 281. The van der Waals surface area contributed by atoms with Crippen molar-refractivity contribution >= 4 is 15.9 Å². The van der Waals surface area contributed by atoms with Gasteiger partial charge in [0.05, 0.1) is 6.54 Å². The van der Waals surface area contributed by atoms with Gasteiger partial charge in [0.2, 0.25) is 0 Å². The van der Waals surface area contributed by atoms with Crippen LogP contribution in [0.1, 0.15) is 5.56 Å². The molecule has 0 bridgehead atoms. The Morgan fingerprint density at radius 1 is 1.55 bits per heavy atom. The van der Waals surface area contributed by atoms with Crippen LogP contribution < -0.4 is 5.73 Å². The molecule has 1 rings (SSSR count). The summed E-state index contributed by atoms with van der Waals surface area (Å²) in [7, 11) is 0. The highest BCUT2D eigenvalue weighted by Gasteiger charge is 1.86. The van der Waals surface area contributed by atoms with Crippen LogP contribution in [0, 0.1) is 11.8 Å². The summed E-state index contributed by atoms with van der Waals surface area (Å²) in [5.41, 5.74) is 6.09. The van der Waals surface area contributed by atoms with Crippen LogP contribution in [0.25, 0.3) is 0 Å². The van der Waals surface area contributed by atoms with Gasteiger partial charge in [-0.2, -0.15) is 0 Å². The van der Waals surface area contributed by atoms with Gasteiger partial charge in [0.1, 0.15) is 4.60 Å². The van der Waals surface area contributed by atoms with E-state index in [1.54, 1.807) is 6.20 Å². The number of pyridine rings is 1. The fourth-order valence-corrected chi connectivity index (χ4v) is 0.837. The molecule has 0 radical (unpaired) electrons. The lowest BCUT2D eigenvalue weighted by atomic mass is 10.3. The highest BCUT2D eigenvalue weighted by atomic mass is 79.9. The van der Waals surface area contributed by atoms with Crippen LogP contribution in [0.4, 0.5) is 0 Å². The second-order valence-corrected chi connectivity index (χ2v) is 2.69. The number of aromatic nitrogens is 1. The first kappa shape index (κ1) is 8.25. The Morgan fingerprint density at radius 3 is 2.91 bits per heavy atom. The number of nitrogens with two attached hydrogens (primary N) is 1. The molecule has 0 fully saturated rings. The topological polar surface area (TPSA) is 38.9 Å². The third-order valence-corrected chi connectivity index (χ3v) is 1.53. The lowest BCUT2D eigenvalue weighted by Gasteiger charge is -1.88. The van der Waals surface area contributed by atoms with Crippen LogP contribution in [-0.4, -0.2) is 11.5 Å². The summed E-state index contributed by atoms with van der Waals surface area (Å²) in [6.07, 6.45) is 1.70. The number of hydrogen-bond acceptors (Lipinski definition) is 2. The molecule has 1 heterocycles. The summed E-state index contributed by atoms with van der Waals surface area (Å²) >= 11 is 3.23. The van der Waals surface area contributed by atoms with Crippen molar-refractivity contribution < 1.29 is 0 Å². The number of halogens is 1. The Labute approximate surface area is 74.0 Å². The lowest BCUT2D eigenvalue weighted by Crippen LogP contribution is -1.93. The fourth-order valence-electron chi connectivity index (χ4n) is 0.603. The van der Waals surface area contributed by atoms with Crippen LogP contribution in [0.3, 0.4) is 0 Å². The van der Waals surface area contributed by atoms with Crippen molar-refractivity contribution in [3.05, 3.63) is 28.5 Å². The highest BCUT2D eigenvalue weighted by Crippen LogP contribution is 2.04. The Balaban J connectivity index is 2.82. The highest BCUT2D eigenvalue weighted by molar-refractivity contribution is 9.10. The average molecular weight is 211 g/mol. The van der Waals surface area contributed by atoms with E-state index in [0.717, 1.165) is 10.2 Å². The van der Waals surface area contributed by atoms with Gasteiger partial charge in [0.25, 0.3) is 0 Å². The fraction of sp³-hybridized carbons (Fsp3) is 0.125. The second-order valence-electron chi connectivity index (χ2n) is 1.88. The quantitative estimate of drug-likeness (QED) is 0.516. The molecule has 1 aromatic rings. The Kier molecular flexibility index (Phi) is 3.09. The molecule has 0 aliphatic heterocycles. The monoisotopic (exact) mass is 210 g/mol. The van der Waals surface area contributed by atoms with Crippen LogP contribution >= 0.6 is 15.9 Å². The first-order chi connectivity index (χ1) is 5.33. The van der Waals surface area contributed by atoms with Crippen LogP contribution in [-0.2, 0) is 0 Å². The van der Waals surface area contributed by atoms with Gasteiger partial charge in [0, 0.05) is 11.8 Å². The van der Waals surface area contributed by atoms with E-state index in [1.165, 1.54) is 0 Å². The van der Waals surface area contributed by atoms with E-state index in [1.807, 2.05) is 12.1 Å². The lowest BCUT2D eigenvalue weighted by molar-refractivity contribution is 1.26. The zero-order chi connectivity index (χ0) is 8.10. The molecule has 0 aliphatic rings. The molecular formula is C8H7BrN2. The molecular weight excluding hydrogens is 204 g/mol. The van der Waals surface area contributed by atoms with E-state index in [9.17, 15) is 0 Å². The van der Waals surface area contributed by atoms with Crippen molar-refractivity contribution in [3.63, 3.8) is 0 Å². The van der Waals surface area contributed by atoms with Crippen molar-refractivity contribution in [2.45, 2.75) is 0 Å². The largest absolute Gasteiger partial charge is 0.320 e. The molecule has 0 aromatic carbocycles. The maximum Gasteiger partial charge on any atom is 0.106 e. The van der Waals surface area contributed by atoms with Gasteiger partial charge in [-0.1, -0.05) is 11.8 Å². The normalized spacial score (nSPS) is 8.55. The molecule has 0 aliphatic carbocycles. The van der Waals surface area contributed by atoms with Gasteiger partial charge in [-0.3, -0.25) is 0 Å². The van der Waals surface area contributed by atoms with Gasteiger partial charge in [-0.05, 0) is 28.1 Å². The molecule has 0 saturated carbocycles. The van der Waals surface area contributed by atoms with E-state index >= 15 is 0 Å². The van der Waals surface area contributed by atoms with Crippen molar-refractivity contribution in [1.29, 1.82) is 0 Å². The minimum Gasteiger partial charge on any atom is -0.320 e. The second kappa shape index (κ2) is 4.12. The average Bonchev–Trinajstić information content (AvgIpc) is 2.04. The van der Waals surface area contributed by atoms with E-state index < -0.39 is 0 Å². The number of hydrogen-bond donors (Lipinski definition) is 1. The summed E-state index contributed by atoms with van der Waals surface area (Å²) in [6.45, 7) is 0.385. The molecule has 0 atom stereocenters. The van der Waals surface area contributed by atoms with Gasteiger partial charge in [0.15, 0.2) is 0 Å². The Morgan fingerprint density at radius 2 is 2.36 bits per heavy atom. The van der Waals surface area contributed by atoms with E-state index in [4.69, 9.17) is 5.73 Å². The summed E-state index contributed by atoms with van der Waals surface area (Å²) in [5, 5.41) is 0. The van der Waals surface area contributed by atoms with Crippen LogP contribution in [0.2, 0.25) is 0 Å². The molecule has 11 heavy (non-hydrogen) atoms. The van der Waals surface area contributed by atoms with Gasteiger partial charge >= 0.3 is 0 Å². The summed E-state index contributed by atoms with van der Waals surface area (Å²) in [6, 6.07) is 3.74. The van der Waals surface area contributed by atoms with E-state index in [0.29, 0.717) is 6.54 Å². The van der Waals surface area contributed by atoms with Gasteiger partial charge < -0.3 is 5.73 Å². The van der Waals surface area contributed by atoms with E-state index in [-0.39, 0.29) is 0 Å². The molecule has 2 nitrogen and oxygen atoms in total. The van der Waals surface area contributed by atoms with Crippen molar-refractivity contribution in [3.8, 4) is 11.8 Å². The predicted octanol–water partition coefficient (Wildman–Crippen LogP) is 1.15. The minimum atomic E-state index is 0.385. The molecule has 2 N–H and O–H groups in total. The SMILES string of the molecule is NCC#Cc1ccc(Br)nc1. The van der Waals surface area contributed by atoms with Crippen molar-refractivity contribution in [2.75, 3.05) is 6.54 Å². The maximum atomic E-state index is 5.20. The van der Waals surface area contributed by atoms with Gasteiger partial charge in [-0.15, -0.1) is 0 Å². The molecule has 56 valence electrons. The molecule has 1 aromatic heterocycles. The summed E-state index contributed by atoms with van der Waals surface area (Å²) < 4.78 is 0.816. The van der Waals surface area contributed by atoms with Crippen molar-refractivity contribution in [1.82, 2.24) is 4.98 Å². The summed E-state index contributed by atoms with van der Waals surface area (Å²) in [4.78, 5) is 4.01. The Hall–Kier alpha value is -0.850. The third-order valence-electron chi connectivity index (χ3n) is 1.06. The molecule has 0 saturated heterocycles. The van der Waals surface area contributed by atoms with Crippen molar-refractivity contribution in [2.24, 2.45) is 5.73 Å². The zero-order valence-corrected chi connectivity index (χ0v) is 7.43. The zero-order valence-electron chi connectivity index (χ0n) is 5.84. The third kappa shape index (κ3) is 2.71. The summed E-state index contributed by atoms with van der Waals surface area (Å²) in [5.74, 6) is 5.62. The number of nitrogens with zero attached hydrogens (tertiary/aromatic N) is 1. The van der Waals surface area contributed by atoms with E-state index in [2.05, 4.69) is 32.8 Å². The first-order valence-electron chi connectivity index (χ1n) is 3.13. The van der Waals surface area contributed by atoms with Crippen LogP contribution in [0.15, 0.2) is 22.9 Å². The molecule has 0 unspecified atom stereocenters. The molecule has 0 amide bonds. The predicted molar refractivity (Wildman–Crippen MR) is 47.9 cm³/mol. The smallest absolute Gasteiger partial charge is 0.106 e. The standard InChI is InChI=1S/C8H7BrN2/c9-8-4-3-7(6-11-8)2-1-5-10/h3-4,6H,5,10H2. The van der Waals surface area contributed by atoms with Gasteiger partial charge in [-0.25, -0.2) is 4.98 Å². The van der Waals surface area contributed by atoms with Crippen LogP contribution in [0.5, 0.6) is 0 Å². The minimum absolute atomic E-state index is 0.385. The maximum absolute atomic E-state index is 5.20. The first-order valence-corrected chi connectivity index (χ1v) is 3.92. The number of rotatable bonds is 0.